The summed E-state index contributed by atoms with van der Waals surface area (Å²) in [7, 11) is -0.449. The second-order valence-corrected chi connectivity index (χ2v) is 5.69. The van der Waals surface area contributed by atoms with E-state index < -0.39 is 9.04 Å². The second kappa shape index (κ2) is 4.94. The molecule has 0 aromatic heterocycles. The van der Waals surface area contributed by atoms with E-state index in [-0.39, 0.29) is 0 Å². The highest BCUT2D eigenvalue weighted by atomic mass is 28.3. The first-order valence-electron chi connectivity index (χ1n) is 4.76. The van der Waals surface area contributed by atoms with Crippen LogP contribution in [0.1, 0.15) is 38.5 Å². The van der Waals surface area contributed by atoms with Crippen LogP contribution in [0.15, 0.2) is 0 Å². The van der Waals surface area contributed by atoms with Crippen LogP contribution < -0.4 is 0 Å². The highest BCUT2D eigenvalue weighted by Crippen LogP contribution is 2.20. The molecule has 0 heterocycles. The van der Waals surface area contributed by atoms with E-state index in [0.717, 1.165) is 0 Å². The average molecular weight is 171 g/mol. The minimum Gasteiger partial charge on any atom is -0.414 e. The van der Waals surface area contributed by atoms with Crippen molar-refractivity contribution in [2.24, 2.45) is 0 Å². The molecule has 0 bridgehead atoms. The molecule has 1 saturated carbocycles. The molecule has 0 aliphatic heterocycles. The molecule has 0 N–H and O–H groups in total. The van der Waals surface area contributed by atoms with Crippen LogP contribution in [0.25, 0.3) is 0 Å². The molecular formula is C9H19OSi. The van der Waals surface area contributed by atoms with Gasteiger partial charge in [0.15, 0.2) is 0 Å². The summed E-state index contributed by atoms with van der Waals surface area (Å²) >= 11 is 0. The Balaban J connectivity index is 2.20. The Morgan fingerprint density at radius 3 is 2.00 bits per heavy atom. The smallest absolute Gasteiger partial charge is 0.205 e. The summed E-state index contributed by atoms with van der Waals surface area (Å²) in [5.74, 6) is 0. The van der Waals surface area contributed by atoms with Crippen LogP contribution in [-0.4, -0.2) is 15.1 Å². The van der Waals surface area contributed by atoms with Crippen LogP contribution >= 0.6 is 0 Å². The Hall–Kier alpha value is 0.177. The van der Waals surface area contributed by atoms with E-state index in [1.807, 2.05) is 0 Å². The average Bonchev–Trinajstić information content (AvgIpc) is 2.14. The Morgan fingerprint density at radius 2 is 1.55 bits per heavy atom. The first-order valence-corrected chi connectivity index (χ1v) is 7.16. The highest BCUT2D eigenvalue weighted by Gasteiger charge is 2.13. The fourth-order valence-corrected chi connectivity index (χ4v) is 2.60. The topological polar surface area (TPSA) is 9.23 Å². The van der Waals surface area contributed by atoms with Gasteiger partial charge in [-0.15, -0.1) is 0 Å². The predicted molar refractivity (Wildman–Crippen MR) is 50.1 cm³/mol. The Morgan fingerprint density at radius 1 is 1.00 bits per heavy atom. The second-order valence-electron chi connectivity index (χ2n) is 3.64. The normalized spacial score (nSPS) is 22.1. The van der Waals surface area contributed by atoms with E-state index in [2.05, 4.69) is 13.1 Å². The molecule has 2 heteroatoms. The fourth-order valence-electron chi connectivity index (χ4n) is 1.69. The minimum absolute atomic E-state index is 0.449. The molecule has 1 nitrogen and oxygen atoms in total. The summed E-state index contributed by atoms with van der Waals surface area (Å²) in [5.41, 5.74) is 0. The molecule has 0 aromatic rings. The monoisotopic (exact) mass is 171 g/mol. The van der Waals surface area contributed by atoms with E-state index in [4.69, 9.17) is 4.43 Å². The van der Waals surface area contributed by atoms with Gasteiger partial charge < -0.3 is 4.43 Å². The van der Waals surface area contributed by atoms with Crippen molar-refractivity contribution in [1.29, 1.82) is 0 Å². The van der Waals surface area contributed by atoms with Gasteiger partial charge in [0.1, 0.15) is 0 Å². The molecule has 0 spiro atoms. The van der Waals surface area contributed by atoms with E-state index in [1.54, 1.807) is 0 Å². The van der Waals surface area contributed by atoms with Crippen molar-refractivity contribution in [3.05, 3.63) is 0 Å². The molecule has 11 heavy (non-hydrogen) atoms. The summed E-state index contributed by atoms with van der Waals surface area (Å²) in [5, 5.41) is 0. The van der Waals surface area contributed by atoms with E-state index >= 15 is 0 Å². The summed E-state index contributed by atoms with van der Waals surface area (Å²) in [4.78, 5) is 0. The van der Waals surface area contributed by atoms with Crippen LogP contribution in [0, 0.1) is 0 Å². The third-order valence-electron chi connectivity index (χ3n) is 2.20. The van der Waals surface area contributed by atoms with Gasteiger partial charge in [-0.3, -0.25) is 0 Å². The quantitative estimate of drug-likeness (QED) is 0.458. The standard InChI is InChI=1S/C9H19OSi/c1-11(2)10-9-7-5-3-4-6-8-9/h9H,3-8H2,1-2H3. The zero-order valence-electron chi connectivity index (χ0n) is 7.73. The van der Waals surface area contributed by atoms with Gasteiger partial charge in [-0.2, -0.15) is 0 Å². The fraction of sp³-hybridized carbons (Fsp3) is 1.00. The van der Waals surface area contributed by atoms with Crippen molar-refractivity contribution in [3.63, 3.8) is 0 Å². The number of rotatable bonds is 2. The largest absolute Gasteiger partial charge is 0.414 e. The zero-order valence-corrected chi connectivity index (χ0v) is 8.73. The highest BCUT2D eigenvalue weighted by molar-refractivity contribution is 6.48. The zero-order chi connectivity index (χ0) is 8.10. The molecule has 0 aromatic carbocycles. The number of hydrogen-bond acceptors (Lipinski definition) is 1. The molecule has 0 saturated heterocycles. The van der Waals surface area contributed by atoms with Crippen LogP contribution in [0.3, 0.4) is 0 Å². The van der Waals surface area contributed by atoms with Gasteiger partial charge in [-0.05, 0) is 25.9 Å². The van der Waals surface area contributed by atoms with E-state index in [0.29, 0.717) is 6.10 Å². The molecule has 65 valence electrons. The number of hydrogen-bond donors (Lipinski definition) is 0. The lowest BCUT2D eigenvalue weighted by Gasteiger charge is -2.17. The van der Waals surface area contributed by atoms with Crippen molar-refractivity contribution in [2.45, 2.75) is 57.7 Å². The van der Waals surface area contributed by atoms with Crippen molar-refractivity contribution in [2.75, 3.05) is 0 Å². The van der Waals surface area contributed by atoms with Crippen molar-refractivity contribution >= 4 is 9.04 Å². The van der Waals surface area contributed by atoms with Crippen LogP contribution in [0.4, 0.5) is 0 Å². The maximum atomic E-state index is 5.87. The van der Waals surface area contributed by atoms with Gasteiger partial charge in [-0.25, -0.2) is 0 Å². The molecule has 1 fully saturated rings. The third kappa shape index (κ3) is 3.92. The molecule has 1 radical (unpaired) electrons. The van der Waals surface area contributed by atoms with Gasteiger partial charge in [0.05, 0.1) is 0 Å². The lowest BCUT2D eigenvalue weighted by Crippen LogP contribution is -2.19. The Kier molecular flexibility index (Phi) is 4.16. The van der Waals surface area contributed by atoms with Crippen molar-refractivity contribution in [1.82, 2.24) is 0 Å². The minimum atomic E-state index is -0.449. The van der Waals surface area contributed by atoms with Gasteiger partial charge in [0.2, 0.25) is 9.04 Å². The van der Waals surface area contributed by atoms with Gasteiger partial charge >= 0.3 is 0 Å². The van der Waals surface area contributed by atoms with Crippen molar-refractivity contribution in [3.8, 4) is 0 Å². The van der Waals surface area contributed by atoms with Crippen LogP contribution in [0.5, 0.6) is 0 Å². The van der Waals surface area contributed by atoms with Crippen molar-refractivity contribution < 1.29 is 4.43 Å². The van der Waals surface area contributed by atoms with Crippen LogP contribution in [-0.2, 0) is 4.43 Å². The lowest BCUT2D eigenvalue weighted by atomic mass is 10.2. The predicted octanol–water partition coefficient (Wildman–Crippen LogP) is 2.98. The maximum Gasteiger partial charge on any atom is 0.205 e. The SMILES string of the molecule is C[Si](C)OC1CCCCCC1. The van der Waals surface area contributed by atoms with E-state index in [9.17, 15) is 0 Å². The van der Waals surface area contributed by atoms with Gasteiger partial charge in [0.25, 0.3) is 0 Å². The van der Waals surface area contributed by atoms with Gasteiger partial charge in [0, 0.05) is 6.10 Å². The third-order valence-corrected chi connectivity index (χ3v) is 3.01. The molecule has 0 atom stereocenters. The Bertz CT molecular complexity index is 95.7. The first kappa shape index (κ1) is 9.27. The summed E-state index contributed by atoms with van der Waals surface area (Å²) in [6, 6.07) is 0. The molecule has 0 amide bonds. The summed E-state index contributed by atoms with van der Waals surface area (Å²) in [6.07, 6.45) is 8.87. The van der Waals surface area contributed by atoms with E-state index in [1.165, 1.54) is 38.5 Å². The van der Waals surface area contributed by atoms with Gasteiger partial charge in [-0.1, -0.05) is 25.7 Å². The molecule has 1 rings (SSSR count). The molecule has 1 aliphatic rings. The lowest BCUT2D eigenvalue weighted by molar-refractivity contribution is 0.186. The molecule has 0 unspecified atom stereocenters. The summed E-state index contributed by atoms with van der Waals surface area (Å²) < 4.78 is 5.87. The first-order chi connectivity index (χ1) is 5.29. The maximum absolute atomic E-state index is 5.87. The van der Waals surface area contributed by atoms with Crippen LogP contribution in [0.2, 0.25) is 13.1 Å². The molecular weight excluding hydrogens is 152 g/mol. The Labute approximate surface area is 71.9 Å². The summed E-state index contributed by atoms with van der Waals surface area (Å²) in [6.45, 7) is 4.46. The molecule has 1 aliphatic carbocycles.